The Morgan fingerprint density at radius 1 is 1.00 bits per heavy atom. The third kappa shape index (κ3) is 1.25. The minimum atomic E-state index is 0.638. The minimum Gasteiger partial charge on any atom is -0.447 e. The second-order valence-corrected chi connectivity index (χ2v) is 3.40. The summed E-state index contributed by atoms with van der Waals surface area (Å²) in [4.78, 5) is 0. The molecule has 2 N–H and O–H groups in total. The van der Waals surface area contributed by atoms with E-state index in [2.05, 4.69) is 5.48 Å². The van der Waals surface area contributed by atoms with Crippen molar-refractivity contribution in [3.63, 3.8) is 0 Å². The average Bonchev–Trinajstić information content (AvgIpc) is 3.07. The first-order chi connectivity index (χ1) is 7.40. The third-order valence-corrected chi connectivity index (χ3v) is 2.49. The Morgan fingerprint density at radius 3 is 2.53 bits per heavy atom. The van der Waals surface area contributed by atoms with Gasteiger partial charge in [0.2, 0.25) is 0 Å². The summed E-state index contributed by atoms with van der Waals surface area (Å²) in [7, 11) is 0. The molecule has 2 aromatic carbocycles. The van der Waals surface area contributed by atoms with E-state index < -0.39 is 0 Å². The van der Waals surface area contributed by atoms with Crippen LogP contribution in [0.2, 0.25) is 0 Å². The number of hydrogen-bond donors (Lipinski definition) is 2. The standard InChI is InChI=1S/C12H9NO2/c14-13-11-9(6-7-10-12(11)15-10)8-4-2-1-3-5-8/h1-7,13-14H. The van der Waals surface area contributed by atoms with E-state index in [0.29, 0.717) is 5.69 Å². The van der Waals surface area contributed by atoms with Crippen LogP contribution in [-0.4, -0.2) is 5.21 Å². The van der Waals surface area contributed by atoms with E-state index in [9.17, 15) is 0 Å². The van der Waals surface area contributed by atoms with Gasteiger partial charge in [0.15, 0.2) is 11.5 Å². The van der Waals surface area contributed by atoms with Gasteiger partial charge in [-0.3, -0.25) is 10.7 Å². The lowest BCUT2D eigenvalue weighted by Gasteiger charge is -2.04. The number of hydrogen-bond acceptors (Lipinski definition) is 3. The molecule has 0 aliphatic carbocycles. The summed E-state index contributed by atoms with van der Waals surface area (Å²) in [6.45, 7) is 0. The first-order valence-corrected chi connectivity index (χ1v) is 4.70. The molecule has 3 nitrogen and oxygen atoms in total. The third-order valence-electron chi connectivity index (χ3n) is 2.49. The van der Waals surface area contributed by atoms with Crippen LogP contribution in [0, 0.1) is 0 Å². The number of fused-ring (bicyclic) bond motifs is 1. The lowest BCUT2D eigenvalue weighted by molar-refractivity contribution is 0.388. The van der Waals surface area contributed by atoms with Gasteiger partial charge in [-0.2, -0.15) is 0 Å². The molecule has 3 heteroatoms. The minimum absolute atomic E-state index is 0.638. The van der Waals surface area contributed by atoms with Crippen molar-refractivity contribution >= 4 is 5.69 Å². The summed E-state index contributed by atoms with van der Waals surface area (Å²) in [5.41, 5.74) is 4.81. The van der Waals surface area contributed by atoms with E-state index in [1.165, 1.54) is 0 Å². The summed E-state index contributed by atoms with van der Waals surface area (Å²) in [5, 5.41) is 9.06. The fourth-order valence-corrected chi connectivity index (χ4v) is 1.70. The highest BCUT2D eigenvalue weighted by molar-refractivity contribution is 5.87. The van der Waals surface area contributed by atoms with Gasteiger partial charge in [-0.25, -0.2) is 0 Å². The zero-order valence-corrected chi connectivity index (χ0v) is 7.90. The molecule has 0 unspecified atom stereocenters. The van der Waals surface area contributed by atoms with Gasteiger partial charge in [-0.05, 0) is 17.7 Å². The predicted molar refractivity (Wildman–Crippen MR) is 57.4 cm³/mol. The van der Waals surface area contributed by atoms with Gasteiger partial charge in [0, 0.05) is 5.56 Å². The number of nitrogens with one attached hydrogen (secondary N) is 1. The molecule has 15 heavy (non-hydrogen) atoms. The molecule has 2 aromatic rings. The SMILES string of the molecule is ONc1c(-c2ccccc2)ccc2c1O2. The van der Waals surface area contributed by atoms with Crippen LogP contribution in [-0.2, 0) is 0 Å². The van der Waals surface area contributed by atoms with Gasteiger partial charge in [-0.15, -0.1) is 0 Å². The first-order valence-electron chi connectivity index (χ1n) is 4.70. The average molecular weight is 199 g/mol. The molecule has 0 spiro atoms. The van der Waals surface area contributed by atoms with Crippen molar-refractivity contribution in [1.29, 1.82) is 0 Å². The Morgan fingerprint density at radius 2 is 1.80 bits per heavy atom. The maximum atomic E-state index is 9.06. The smallest absolute Gasteiger partial charge is 0.196 e. The van der Waals surface area contributed by atoms with Crippen molar-refractivity contribution in [2.75, 3.05) is 5.48 Å². The second kappa shape index (κ2) is 3.00. The monoisotopic (exact) mass is 199 g/mol. The summed E-state index contributed by atoms with van der Waals surface area (Å²) >= 11 is 0. The number of benzene rings is 2. The lowest BCUT2D eigenvalue weighted by atomic mass is 10.0. The molecule has 1 aliphatic heterocycles. The lowest BCUT2D eigenvalue weighted by Crippen LogP contribution is -1.90. The van der Waals surface area contributed by atoms with Crippen LogP contribution >= 0.6 is 0 Å². The Labute approximate surface area is 86.9 Å². The van der Waals surface area contributed by atoms with E-state index in [1.807, 2.05) is 42.5 Å². The zero-order valence-electron chi connectivity index (χ0n) is 7.90. The van der Waals surface area contributed by atoms with Crippen LogP contribution in [0.25, 0.3) is 11.1 Å². The van der Waals surface area contributed by atoms with Crippen molar-refractivity contribution in [3.8, 4) is 22.6 Å². The second-order valence-electron chi connectivity index (χ2n) is 3.40. The molecule has 0 radical (unpaired) electrons. The van der Waals surface area contributed by atoms with Crippen molar-refractivity contribution in [1.82, 2.24) is 0 Å². The van der Waals surface area contributed by atoms with E-state index in [1.54, 1.807) is 0 Å². The molecular weight excluding hydrogens is 190 g/mol. The topological polar surface area (TPSA) is 44.8 Å². The number of rotatable bonds is 2. The van der Waals surface area contributed by atoms with E-state index in [-0.39, 0.29) is 0 Å². The molecule has 1 heterocycles. The molecule has 0 saturated carbocycles. The molecule has 0 atom stereocenters. The van der Waals surface area contributed by atoms with Crippen LogP contribution in [0.5, 0.6) is 11.5 Å². The summed E-state index contributed by atoms with van der Waals surface area (Å²) in [6.07, 6.45) is 0. The van der Waals surface area contributed by atoms with Gasteiger partial charge in [0.05, 0.1) is 0 Å². The number of anilines is 1. The molecule has 0 aromatic heterocycles. The normalized spacial score (nSPS) is 11.5. The molecule has 0 saturated heterocycles. The highest BCUT2D eigenvalue weighted by Crippen LogP contribution is 2.54. The van der Waals surface area contributed by atoms with Crippen molar-refractivity contribution < 1.29 is 9.94 Å². The fourth-order valence-electron chi connectivity index (χ4n) is 1.70. The van der Waals surface area contributed by atoms with E-state index in [0.717, 1.165) is 22.6 Å². The molecule has 0 fully saturated rings. The molecule has 74 valence electrons. The van der Waals surface area contributed by atoms with Gasteiger partial charge < -0.3 is 4.74 Å². The summed E-state index contributed by atoms with van der Waals surface area (Å²) in [6, 6.07) is 13.7. The van der Waals surface area contributed by atoms with Crippen LogP contribution in [0.4, 0.5) is 5.69 Å². The van der Waals surface area contributed by atoms with E-state index >= 15 is 0 Å². The van der Waals surface area contributed by atoms with Crippen molar-refractivity contribution in [3.05, 3.63) is 42.5 Å². The zero-order chi connectivity index (χ0) is 10.3. The van der Waals surface area contributed by atoms with Crippen molar-refractivity contribution in [2.45, 2.75) is 0 Å². The maximum absolute atomic E-state index is 9.06. The Balaban J connectivity index is 2.17. The Bertz CT molecular complexity index is 509. The quantitative estimate of drug-likeness (QED) is 0.491. The van der Waals surface area contributed by atoms with E-state index in [4.69, 9.17) is 9.94 Å². The molecule has 0 amide bonds. The van der Waals surface area contributed by atoms with Crippen LogP contribution in [0.15, 0.2) is 42.5 Å². The van der Waals surface area contributed by atoms with Crippen LogP contribution < -0.4 is 10.2 Å². The summed E-state index contributed by atoms with van der Waals surface area (Å²) < 4.78 is 5.20. The fraction of sp³-hybridized carbons (Fsp3) is 0. The van der Waals surface area contributed by atoms with Gasteiger partial charge in [-0.1, -0.05) is 30.3 Å². The predicted octanol–water partition coefficient (Wildman–Crippen LogP) is 3.26. The highest BCUT2D eigenvalue weighted by atomic mass is 16.6. The maximum Gasteiger partial charge on any atom is 0.196 e. The molecular formula is C12H9NO2. The van der Waals surface area contributed by atoms with Gasteiger partial charge in [0.25, 0.3) is 0 Å². The Kier molecular flexibility index (Phi) is 1.66. The first kappa shape index (κ1) is 8.32. The van der Waals surface area contributed by atoms with Gasteiger partial charge in [0.1, 0.15) is 5.69 Å². The Hall–Kier alpha value is -2.00. The summed E-state index contributed by atoms with van der Waals surface area (Å²) in [5.74, 6) is 1.56. The largest absolute Gasteiger partial charge is 0.447 e. The van der Waals surface area contributed by atoms with Crippen LogP contribution in [0.1, 0.15) is 0 Å². The molecule has 0 bridgehead atoms. The van der Waals surface area contributed by atoms with Gasteiger partial charge >= 0.3 is 0 Å². The molecule has 3 rings (SSSR count). The van der Waals surface area contributed by atoms with Crippen molar-refractivity contribution in [2.24, 2.45) is 0 Å². The van der Waals surface area contributed by atoms with Crippen LogP contribution in [0.3, 0.4) is 0 Å². The number of ether oxygens (including phenoxy) is 1. The molecule has 1 aliphatic rings. The highest BCUT2D eigenvalue weighted by Gasteiger charge is 2.27.